The van der Waals surface area contributed by atoms with E-state index in [0.717, 1.165) is 4.47 Å². The number of nitrogens with zero attached hydrogens (tertiary/aromatic N) is 3. The number of phenolic OH excluding ortho intramolecular Hbond substituents is 1. The first kappa shape index (κ1) is 12.8. The van der Waals surface area contributed by atoms with E-state index in [-0.39, 0.29) is 5.75 Å². The molecular weight excluding hydrogens is 320 g/mol. The van der Waals surface area contributed by atoms with Crippen LogP contribution >= 0.6 is 28.1 Å². The lowest BCUT2D eigenvalue weighted by Gasteiger charge is -2.06. The first-order valence-corrected chi connectivity index (χ1v) is 6.05. The van der Waals surface area contributed by atoms with Crippen LogP contribution in [0, 0.1) is 4.77 Å². The second kappa shape index (κ2) is 5.32. The number of benzene rings is 1. The zero-order valence-electron chi connectivity index (χ0n) is 9.29. The Labute approximate surface area is 116 Å². The molecule has 0 unspecified atom stereocenters. The molecule has 94 valence electrons. The van der Waals surface area contributed by atoms with Gasteiger partial charge in [-0.3, -0.25) is 5.10 Å². The van der Waals surface area contributed by atoms with Crippen LogP contribution in [0.4, 0.5) is 0 Å². The SMILES string of the molecule is COc1cc(Br)cc(C=Nn2cn[nH]c2=S)c1O. The number of aromatic nitrogens is 3. The third kappa shape index (κ3) is 2.59. The van der Waals surface area contributed by atoms with Crippen molar-refractivity contribution >= 4 is 34.4 Å². The minimum atomic E-state index is 0.0134. The Morgan fingerprint density at radius 2 is 2.39 bits per heavy atom. The molecule has 0 fully saturated rings. The molecule has 1 aromatic heterocycles. The van der Waals surface area contributed by atoms with Crippen LogP contribution < -0.4 is 4.74 Å². The molecule has 8 heteroatoms. The van der Waals surface area contributed by atoms with Gasteiger partial charge in [-0.05, 0) is 24.4 Å². The second-order valence-electron chi connectivity index (χ2n) is 3.30. The van der Waals surface area contributed by atoms with Crippen molar-refractivity contribution in [2.45, 2.75) is 0 Å². The largest absolute Gasteiger partial charge is 0.504 e. The number of nitrogens with one attached hydrogen (secondary N) is 1. The topological polar surface area (TPSA) is 75.4 Å². The summed E-state index contributed by atoms with van der Waals surface area (Å²) in [5.41, 5.74) is 0.504. The molecule has 0 bridgehead atoms. The molecule has 0 saturated heterocycles. The van der Waals surface area contributed by atoms with E-state index < -0.39 is 0 Å². The van der Waals surface area contributed by atoms with Gasteiger partial charge in [-0.2, -0.15) is 14.9 Å². The first-order valence-electron chi connectivity index (χ1n) is 4.84. The number of hydrogen-bond acceptors (Lipinski definition) is 5. The Balaban J connectivity index is 2.40. The van der Waals surface area contributed by atoms with Gasteiger partial charge in [0.1, 0.15) is 6.33 Å². The molecule has 0 amide bonds. The molecule has 6 nitrogen and oxygen atoms in total. The zero-order valence-corrected chi connectivity index (χ0v) is 11.7. The highest BCUT2D eigenvalue weighted by molar-refractivity contribution is 9.10. The molecule has 0 atom stereocenters. The van der Waals surface area contributed by atoms with Gasteiger partial charge in [-0.1, -0.05) is 15.9 Å². The number of aromatic hydroxyl groups is 1. The fourth-order valence-electron chi connectivity index (χ4n) is 1.30. The second-order valence-corrected chi connectivity index (χ2v) is 4.60. The maximum absolute atomic E-state index is 9.92. The molecule has 0 aliphatic carbocycles. The Kier molecular flexibility index (Phi) is 3.78. The lowest BCUT2D eigenvalue weighted by atomic mass is 10.2. The third-order valence-electron chi connectivity index (χ3n) is 2.15. The Morgan fingerprint density at radius 3 is 3.00 bits per heavy atom. The summed E-state index contributed by atoms with van der Waals surface area (Å²) in [7, 11) is 1.48. The van der Waals surface area contributed by atoms with Crippen LogP contribution in [0.2, 0.25) is 0 Å². The molecule has 0 saturated carbocycles. The molecule has 0 aliphatic heterocycles. The minimum absolute atomic E-state index is 0.0134. The van der Waals surface area contributed by atoms with Crippen LogP contribution in [-0.2, 0) is 0 Å². The number of rotatable bonds is 3. The Hall–Kier alpha value is -1.67. The molecule has 0 radical (unpaired) electrons. The number of H-pyrrole nitrogens is 1. The summed E-state index contributed by atoms with van der Waals surface area (Å²) >= 11 is 8.27. The summed E-state index contributed by atoms with van der Waals surface area (Å²) in [6.07, 6.45) is 2.90. The molecule has 0 aliphatic rings. The van der Waals surface area contributed by atoms with Crippen molar-refractivity contribution in [3.63, 3.8) is 0 Å². The smallest absolute Gasteiger partial charge is 0.216 e. The van der Waals surface area contributed by atoms with Crippen molar-refractivity contribution in [1.82, 2.24) is 14.9 Å². The number of ether oxygens (including phenoxy) is 1. The summed E-state index contributed by atoms with van der Waals surface area (Å²) in [6, 6.07) is 3.38. The van der Waals surface area contributed by atoms with Gasteiger partial charge in [0.25, 0.3) is 0 Å². The van der Waals surface area contributed by atoms with E-state index in [1.54, 1.807) is 12.1 Å². The van der Waals surface area contributed by atoms with Gasteiger partial charge in [0.05, 0.1) is 13.3 Å². The van der Waals surface area contributed by atoms with E-state index in [1.165, 1.54) is 24.3 Å². The van der Waals surface area contributed by atoms with Gasteiger partial charge in [0, 0.05) is 10.0 Å². The normalized spacial score (nSPS) is 11.0. The van der Waals surface area contributed by atoms with Gasteiger partial charge in [0.2, 0.25) is 4.77 Å². The zero-order chi connectivity index (χ0) is 13.1. The third-order valence-corrected chi connectivity index (χ3v) is 2.88. The molecule has 2 aromatic rings. The molecule has 1 heterocycles. The fraction of sp³-hybridized carbons (Fsp3) is 0.100. The number of hydrogen-bond donors (Lipinski definition) is 2. The van der Waals surface area contributed by atoms with E-state index in [9.17, 15) is 5.11 Å². The van der Waals surface area contributed by atoms with Crippen molar-refractivity contribution < 1.29 is 9.84 Å². The predicted molar refractivity (Wildman–Crippen MR) is 72.8 cm³/mol. The van der Waals surface area contributed by atoms with E-state index in [4.69, 9.17) is 17.0 Å². The van der Waals surface area contributed by atoms with E-state index in [2.05, 4.69) is 31.2 Å². The van der Waals surface area contributed by atoms with E-state index >= 15 is 0 Å². The van der Waals surface area contributed by atoms with Crippen molar-refractivity contribution in [2.24, 2.45) is 5.10 Å². The van der Waals surface area contributed by atoms with Gasteiger partial charge in [-0.25, -0.2) is 0 Å². The molecule has 0 spiro atoms. The van der Waals surface area contributed by atoms with Crippen LogP contribution in [0.25, 0.3) is 0 Å². The van der Waals surface area contributed by atoms with Crippen LogP contribution in [0.15, 0.2) is 28.0 Å². The summed E-state index contributed by atoms with van der Waals surface area (Å²) in [4.78, 5) is 0. The Morgan fingerprint density at radius 1 is 1.61 bits per heavy atom. The molecule has 18 heavy (non-hydrogen) atoms. The highest BCUT2D eigenvalue weighted by Crippen LogP contribution is 2.32. The standard InChI is InChI=1S/C10H9BrN4O2S/c1-17-8-3-7(11)2-6(9(8)16)4-13-15-5-12-14-10(15)18/h2-5,16H,1H3,(H,14,18). The highest BCUT2D eigenvalue weighted by atomic mass is 79.9. The molecule has 2 N–H and O–H groups in total. The Bertz CT molecular complexity index is 650. The molecule has 2 rings (SSSR count). The van der Waals surface area contributed by atoms with Crippen LogP contribution in [0.5, 0.6) is 11.5 Å². The van der Waals surface area contributed by atoms with Crippen LogP contribution in [0.3, 0.4) is 0 Å². The summed E-state index contributed by atoms with van der Waals surface area (Å²) in [5.74, 6) is 0.376. The minimum Gasteiger partial charge on any atom is -0.504 e. The predicted octanol–water partition coefficient (Wildman–Crippen LogP) is 2.30. The number of phenols is 1. The first-order chi connectivity index (χ1) is 8.61. The lowest BCUT2D eigenvalue weighted by Crippen LogP contribution is -1.92. The van der Waals surface area contributed by atoms with Crippen LogP contribution in [-0.4, -0.2) is 33.3 Å². The average Bonchev–Trinajstić information content (AvgIpc) is 2.75. The van der Waals surface area contributed by atoms with Crippen molar-refractivity contribution in [2.75, 3.05) is 7.11 Å². The van der Waals surface area contributed by atoms with Crippen molar-refractivity contribution in [3.8, 4) is 11.5 Å². The average molecular weight is 329 g/mol. The van der Waals surface area contributed by atoms with E-state index in [0.29, 0.717) is 16.1 Å². The van der Waals surface area contributed by atoms with Gasteiger partial charge in [-0.15, -0.1) is 0 Å². The van der Waals surface area contributed by atoms with Gasteiger partial charge < -0.3 is 9.84 Å². The highest BCUT2D eigenvalue weighted by Gasteiger charge is 2.08. The summed E-state index contributed by atoms with van der Waals surface area (Å²) < 4.78 is 7.56. The van der Waals surface area contributed by atoms with Crippen molar-refractivity contribution in [1.29, 1.82) is 0 Å². The molecular formula is C10H9BrN4O2S. The van der Waals surface area contributed by atoms with Gasteiger partial charge in [0.15, 0.2) is 11.5 Å². The number of halogens is 1. The molecule has 1 aromatic carbocycles. The number of methoxy groups -OCH3 is 1. The quantitative estimate of drug-likeness (QED) is 0.669. The van der Waals surface area contributed by atoms with Gasteiger partial charge >= 0.3 is 0 Å². The maximum atomic E-state index is 9.92. The summed E-state index contributed by atoms with van der Waals surface area (Å²) in [5, 5.41) is 20.3. The monoisotopic (exact) mass is 328 g/mol. The van der Waals surface area contributed by atoms with E-state index in [1.807, 2.05) is 0 Å². The fourth-order valence-corrected chi connectivity index (χ4v) is 1.90. The number of aromatic amines is 1. The van der Waals surface area contributed by atoms with Crippen molar-refractivity contribution in [3.05, 3.63) is 33.3 Å². The lowest BCUT2D eigenvalue weighted by molar-refractivity contribution is 0.373. The maximum Gasteiger partial charge on any atom is 0.216 e. The summed E-state index contributed by atoms with van der Waals surface area (Å²) in [6.45, 7) is 0. The van der Waals surface area contributed by atoms with Crippen LogP contribution in [0.1, 0.15) is 5.56 Å².